The molecule has 2 aliphatic rings. The second kappa shape index (κ2) is 8.01. The number of hydrogen-bond donors (Lipinski definition) is 0. The molecule has 1 aromatic carbocycles. The summed E-state index contributed by atoms with van der Waals surface area (Å²) in [4.78, 5) is 30.6. The van der Waals surface area contributed by atoms with Crippen molar-refractivity contribution in [1.82, 2.24) is 9.80 Å². The topological polar surface area (TPSA) is 43.9 Å². The molecule has 0 N–H and O–H groups in total. The molecule has 3 rings (SSSR count). The van der Waals surface area contributed by atoms with Crippen molar-refractivity contribution in [2.45, 2.75) is 38.9 Å². The molecule has 2 saturated heterocycles. The van der Waals surface area contributed by atoms with Crippen molar-refractivity contribution >= 4 is 17.5 Å². The average molecular weight is 397 g/mol. The highest BCUT2D eigenvalue weighted by molar-refractivity contribution is 5.89. The van der Waals surface area contributed by atoms with Crippen LogP contribution < -0.4 is 4.90 Å². The van der Waals surface area contributed by atoms with E-state index in [9.17, 15) is 22.8 Å². The molecule has 5 nitrogen and oxygen atoms in total. The van der Waals surface area contributed by atoms with E-state index in [1.54, 1.807) is 15.9 Å². The molecule has 1 aromatic rings. The highest BCUT2D eigenvalue weighted by Gasteiger charge is 2.38. The predicted octanol–water partition coefficient (Wildman–Crippen LogP) is 3.00. The SMILES string of the molecule is CC(C)C(=O)N1CCCC1C(=O)N1CCN(c2cccc(C(F)(F)F)c2)CC1. The van der Waals surface area contributed by atoms with E-state index < -0.39 is 17.8 Å². The zero-order valence-electron chi connectivity index (χ0n) is 16.2. The summed E-state index contributed by atoms with van der Waals surface area (Å²) in [6.07, 6.45) is -2.88. The smallest absolute Gasteiger partial charge is 0.368 e. The Kier molecular flexibility index (Phi) is 5.86. The molecule has 28 heavy (non-hydrogen) atoms. The van der Waals surface area contributed by atoms with E-state index in [-0.39, 0.29) is 17.7 Å². The number of rotatable bonds is 3. The lowest BCUT2D eigenvalue weighted by atomic mass is 10.1. The minimum Gasteiger partial charge on any atom is -0.368 e. The van der Waals surface area contributed by atoms with E-state index in [4.69, 9.17) is 0 Å². The molecule has 2 fully saturated rings. The van der Waals surface area contributed by atoms with Crippen molar-refractivity contribution in [3.05, 3.63) is 29.8 Å². The van der Waals surface area contributed by atoms with E-state index in [0.717, 1.165) is 18.6 Å². The maximum Gasteiger partial charge on any atom is 0.416 e. The van der Waals surface area contributed by atoms with Crippen molar-refractivity contribution in [2.75, 3.05) is 37.6 Å². The number of benzene rings is 1. The summed E-state index contributed by atoms with van der Waals surface area (Å²) in [5.74, 6) is -0.195. The fourth-order valence-corrected chi connectivity index (χ4v) is 3.89. The summed E-state index contributed by atoms with van der Waals surface area (Å²) in [5, 5.41) is 0. The van der Waals surface area contributed by atoms with E-state index >= 15 is 0 Å². The Bertz CT molecular complexity index is 728. The van der Waals surface area contributed by atoms with Crippen molar-refractivity contribution < 1.29 is 22.8 Å². The van der Waals surface area contributed by atoms with Gasteiger partial charge in [0.1, 0.15) is 6.04 Å². The quantitative estimate of drug-likeness (QED) is 0.788. The summed E-state index contributed by atoms with van der Waals surface area (Å²) in [6.45, 7) is 6.09. The summed E-state index contributed by atoms with van der Waals surface area (Å²) < 4.78 is 38.8. The van der Waals surface area contributed by atoms with Gasteiger partial charge in [0.2, 0.25) is 11.8 Å². The van der Waals surface area contributed by atoms with Crippen LogP contribution in [0.25, 0.3) is 0 Å². The van der Waals surface area contributed by atoms with Gasteiger partial charge in [-0.15, -0.1) is 0 Å². The van der Waals surface area contributed by atoms with Gasteiger partial charge in [-0.25, -0.2) is 0 Å². The van der Waals surface area contributed by atoms with Crippen molar-refractivity contribution in [3.63, 3.8) is 0 Å². The van der Waals surface area contributed by atoms with E-state index in [1.165, 1.54) is 6.07 Å². The standard InChI is InChI=1S/C20H26F3N3O2/c1-14(2)18(27)26-8-4-7-17(26)19(28)25-11-9-24(10-12-25)16-6-3-5-15(13-16)20(21,22)23/h3,5-6,13-14,17H,4,7-12H2,1-2H3. The second-order valence-electron chi connectivity index (χ2n) is 7.70. The lowest BCUT2D eigenvalue weighted by molar-refractivity contribution is -0.145. The maximum absolute atomic E-state index is 12.9. The number of amides is 2. The number of anilines is 1. The Morgan fingerprint density at radius 2 is 1.75 bits per heavy atom. The first-order valence-electron chi connectivity index (χ1n) is 9.70. The molecule has 1 atom stereocenters. The first-order chi connectivity index (χ1) is 13.2. The second-order valence-corrected chi connectivity index (χ2v) is 7.70. The number of likely N-dealkylation sites (tertiary alicyclic amines) is 1. The van der Waals surface area contributed by atoms with Crippen molar-refractivity contribution in [2.24, 2.45) is 5.92 Å². The Labute approximate surface area is 163 Å². The number of carbonyl (C=O) groups is 2. The highest BCUT2D eigenvalue weighted by atomic mass is 19.4. The van der Waals surface area contributed by atoms with Gasteiger partial charge >= 0.3 is 6.18 Å². The van der Waals surface area contributed by atoms with Crippen LogP contribution >= 0.6 is 0 Å². The van der Waals surface area contributed by atoms with E-state index in [0.29, 0.717) is 44.8 Å². The average Bonchev–Trinajstić information content (AvgIpc) is 3.16. The third-order valence-corrected chi connectivity index (χ3v) is 5.44. The number of alkyl halides is 3. The normalized spacial score (nSPS) is 20.8. The maximum atomic E-state index is 12.9. The predicted molar refractivity (Wildman–Crippen MR) is 99.8 cm³/mol. The Balaban J connectivity index is 1.62. The summed E-state index contributed by atoms with van der Waals surface area (Å²) in [6, 6.07) is 4.87. The minimum absolute atomic E-state index is 0.00143. The first kappa shape index (κ1) is 20.5. The molecule has 2 aliphatic heterocycles. The Hall–Kier alpha value is -2.25. The molecule has 0 saturated carbocycles. The van der Waals surface area contributed by atoms with Gasteiger partial charge in [0.25, 0.3) is 0 Å². The molecule has 2 heterocycles. The molecule has 0 aromatic heterocycles. The number of halogens is 3. The molecule has 2 amide bonds. The van der Waals surface area contributed by atoms with Gasteiger partial charge in [0, 0.05) is 44.3 Å². The first-order valence-corrected chi connectivity index (χ1v) is 9.70. The van der Waals surface area contributed by atoms with Crippen LogP contribution in [-0.4, -0.2) is 60.4 Å². The lowest BCUT2D eigenvalue weighted by Gasteiger charge is -2.38. The van der Waals surface area contributed by atoms with Crippen LogP contribution in [0.3, 0.4) is 0 Å². The molecular formula is C20H26F3N3O2. The summed E-state index contributed by atoms with van der Waals surface area (Å²) in [5.41, 5.74) is -0.156. The van der Waals surface area contributed by atoms with Crippen LogP contribution in [0.2, 0.25) is 0 Å². The van der Waals surface area contributed by atoms with Crippen LogP contribution in [0.15, 0.2) is 24.3 Å². The molecule has 1 unspecified atom stereocenters. The summed E-state index contributed by atoms with van der Waals surface area (Å²) in [7, 11) is 0. The van der Waals surface area contributed by atoms with Gasteiger partial charge in [-0.05, 0) is 31.0 Å². The van der Waals surface area contributed by atoms with Crippen LogP contribution in [-0.2, 0) is 15.8 Å². The fourth-order valence-electron chi connectivity index (χ4n) is 3.89. The molecule has 0 radical (unpaired) electrons. The molecule has 154 valence electrons. The number of piperazine rings is 1. The monoisotopic (exact) mass is 397 g/mol. The zero-order chi connectivity index (χ0) is 20.5. The van der Waals surface area contributed by atoms with Gasteiger partial charge < -0.3 is 14.7 Å². The van der Waals surface area contributed by atoms with Gasteiger partial charge in [0.05, 0.1) is 5.56 Å². The number of carbonyl (C=O) groups excluding carboxylic acids is 2. The fraction of sp³-hybridized carbons (Fsp3) is 0.600. The molecular weight excluding hydrogens is 371 g/mol. The minimum atomic E-state index is -4.37. The van der Waals surface area contributed by atoms with Crippen molar-refractivity contribution in [1.29, 1.82) is 0 Å². The summed E-state index contributed by atoms with van der Waals surface area (Å²) >= 11 is 0. The molecule has 8 heteroatoms. The van der Waals surface area contributed by atoms with Crippen molar-refractivity contribution in [3.8, 4) is 0 Å². The van der Waals surface area contributed by atoms with Gasteiger partial charge in [-0.2, -0.15) is 13.2 Å². The van der Waals surface area contributed by atoms with Crippen LogP contribution in [0.1, 0.15) is 32.3 Å². The third kappa shape index (κ3) is 4.25. The van der Waals surface area contributed by atoms with Crippen LogP contribution in [0, 0.1) is 5.92 Å². The van der Waals surface area contributed by atoms with Crippen LogP contribution in [0.4, 0.5) is 18.9 Å². The third-order valence-electron chi connectivity index (χ3n) is 5.44. The van der Waals surface area contributed by atoms with E-state index in [2.05, 4.69) is 0 Å². The van der Waals surface area contributed by atoms with Gasteiger partial charge in [-0.1, -0.05) is 19.9 Å². The van der Waals surface area contributed by atoms with Gasteiger partial charge in [-0.3, -0.25) is 9.59 Å². The molecule has 0 aliphatic carbocycles. The lowest BCUT2D eigenvalue weighted by Crippen LogP contribution is -2.54. The number of hydrogen-bond acceptors (Lipinski definition) is 3. The Morgan fingerprint density at radius 3 is 2.36 bits per heavy atom. The highest BCUT2D eigenvalue weighted by Crippen LogP contribution is 2.32. The zero-order valence-corrected chi connectivity index (χ0v) is 16.2. The molecule has 0 bridgehead atoms. The Morgan fingerprint density at radius 1 is 1.07 bits per heavy atom. The van der Waals surface area contributed by atoms with E-state index in [1.807, 2.05) is 18.7 Å². The van der Waals surface area contributed by atoms with Crippen LogP contribution in [0.5, 0.6) is 0 Å². The number of nitrogens with zero attached hydrogens (tertiary/aromatic N) is 3. The largest absolute Gasteiger partial charge is 0.416 e. The molecule has 0 spiro atoms. The van der Waals surface area contributed by atoms with Gasteiger partial charge in [0.15, 0.2) is 0 Å².